The van der Waals surface area contributed by atoms with Gasteiger partial charge in [0.15, 0.2) is 0 Å². The number of hydrogen-bond donors (Lipinski definition) is 1. The molecule has 0 heterocycles. The largest absolute Gasteiger partial charge is 0.317 e. The van der Waals surface area contributed by atoms with E-state index in [0.29, 0.717) is 19.0 Å². The molecule has 120 valence electrons. The first-order valence-corrected chi connectivity index (χ1v) is 9.26. The van der Waals surface area contributed by atoms with Gasteiger partial charge in [0.2, 0.25) is 0 Å². The summed E-state index contributed by atoms with van der Waals surface area (Å²) >= 11 is 0. The highest BCUT2D eigenvalue weighted by molar-refractivity contribution is 7.86. The molecule has 0 atom stereocenters. The van der Waals surface area contributed by atoms with Gasteiger partial charge in [0, 0.05) is 27.2 Å². The fourth-order valence-electron chi connectivity index (χ4n) is 2.73. The number of nitrogens with zero attached hydrogens (tertiary/aromatic N) is 2. The maximum absolute atomic E-state index is 12.4. The summed E-state index contributed by atoms with van der Waals surface area (Å²) in [6, 6.07) is 0. The lowest BCUT2D eigenvalue weighted by molar-refractivity contribution is 0.347. The van der Waals surface area contributed by atoms with Crippen molar-refractivity contribution in [2.75, 3.05) is 40.3 Å². The Morgan fingerprint density at radius 1 is 1.10 bits per heavy atom. The summed E-state index contributed by atoms with van der Waals surface area (Å²) in [5.74, 6) is 0.550. The van der Waals surface area contributed by atoms with Crippen molar-refractivity contribution in [1.29, 1.82) is 0 Å². The minimum Gasteiger partial charge on any atom is -0.317 e. The third-order valence-corrected chi connectivity index (χ3v) is 5.94. The standard InChI is InChI=1S/C14H31N3O2S/c1-4-10-15-11-7-12-16(2)20(18,19)17(3)13-14-8-5-6-9-14/h14-15H,4-13H2,1-3H3. The summed E-state index contributed by atoms with van der Waals surface area (Å²) in [5, 5.41) is 3.29. The topological polar surface area (TPSA) is 52.7 Å². The minimum absolute atomic E-state index is 0.550. The van der Waals surface area contributed by atoms with Crippen molar-refractivity contribution in [3.05, 3.63) is 0 Å². The second-order valence-corrected chi connectivity index (χ2v) is 8.01. The average molecular weight is 305 g/mol. The molecular formula is C14H31N3O2S. The van der Waals surface area contributed by atoms with E-state index in [1.54, 1.807) is 14.1 Å². The van der Waals surface area contributed by atoms with Crippen LogP contribution in [0.4, 0.5) is 0 Å². The monoisotopic (exact) mass is 305 g/mol. The maximum atomic E-state index is 12.4. The highest BCUT2D eigenvalue weighted by atomic mass is 32.2. The predicted octanol–water partition coefficient (Wildman–Crippen LogP) is 1.67. The van der Waals surface area contributed by atoms with Crippen molar-refractivity contribution in [3.63, 3.8) is 0 Å². The van der Waals surface area contributed by atoms with Gasteiger partial charge in [-0.2, -0.15) is 17.0 Å². The van der Waals surface area contributed by atoms with Crippen LogP contribution in [0.3, 0.4) is 0 Å². The van der Waals surface area contributed by atoms with Gasteiger partial charge in [0.25, 0.3) is 10.2 Å². The molecule has 0 spiro atoms. The Hall–Kier alpha value is -0.170. The van der Waals surface area contributed by atoms with E-state index in [1.165, 1.54) is 34.3 Å². The van der Waals surface area contributed by atoms with Crippen LogP contribution < -0.4 is 5.32 Å². The van der Waals surface area contributed by atoms with Crippen LogP contribution in [0.2, 0.25) is 0 Å². The van der Waals surface area contributed by atoms with Crippen LogP contribution >= 0.6 is 0 Å². The molecule has 1 aliphatic carbocycles. The molecule has 0 aliphatic heterocycles. The molecule has 0 radical (unpaired) electrons. The van der Waals surface area contributed by atoms with E-state index in [-0.39, 0.29) is 0 Å². The molecule has 1 aliphatic rings. The van der Waals surface area contributed by atoms with Gasteiger partial charge in [-0.3, -0.25) is 0 Å². The molecule has 0 aromatic heterocycles. The molecule has 6 heteroatoms. The van der Waals surface area contributed by atoms with Gasteiger partial charge in [-0.25, -0.2) is 0 Å². The van der Waals surface area contributed by atoms with Crippen LogP contribution in [-0.2, 0) is 10.2 Å². The molecule has 1 saturated carbocycles. The molecule has 0 bridgehead atoms. The van der Waals surface area contributed by atoms with Crippen molar-refractivity contribution in [2.45, 2.75) is 45.4 Å². The van der Waals surface area contributed by atoms with Gasteiger partial charge in [-0.05, 0) is 44.7 Å². The third-order valence-electron chi connectivity index (χ3n) is 4.03. The van der Waals surface area contributed by atoms with E-state index in [9.17, 15) is 8.42 Å². The predicted molar refractivity (Wildman–Crippen MR) is 83.9 cm³/mol. The lowest BCUT2D eigenvalue weighted by Crippen LogP contribution is -2.42. The molecule has 20 heavy (non-hydrogen) atoms. The van der Waals surface area contributed by atoms with Crippen LogP contribution in [0.1, 0.15) is 45.4 Å². The Morgan fingerprint density at radius 3 is 2.35 bits per heavy atom. The van der Waals surface area contributed by atoms with E-state index >= 15 is 0 Å². The summed E-state index contributed by atoms with van der Waals surface area (Å²) in [6.45, 7) is 5.24. The van der Waals surface area contributed by atoms with Crippen molar-refractivity contribution in [1.82, 2.24) is 13.9 Å². The van der Waals surface area contributed by atoms with Gasteiger partial charge in [-0.1, -0.05) is 19.8 Å². The summed E-state index contributed by atoms with van der Waals surface area (Å²) in [7, 11) is 0.108. The van der Waals surface area contributed by atoms with E-state index < -0.39 is 10.2 Å². The summed E-state index contributed by atoms with van der Waals surface area (Å²) in [5.41, 5.74) is 0. The summed E-state index contributed by atoms with van der Waals surface area (Å²) in [4.78, 5) is 0. The fourth-order valence-corrected chi connectivity index (χ4v) is 3.97. The van der Waals surface area contributed by atoms with Crippen LogP contribution in [0.25, 0.3) is 0 Å². The van der Waals surface area contributed by atoms with Crippen LogP contribution in [0, 0.1) is 5.92 Å². The lowest BCUT2D eigenvalue weighted by Gasteiger charge is -2.26. The molecule has 0 unspecified atom stereocenters. The first-order valence-electron chi connectivity index (χ1n) is 7.86. The first-order chi connectivity index (χ1) is 9.48. The van der Waals surface area contributed by atoms with Crippen molar-refractivity contribution >= 4 is 10.2 Å². The van der Waals surface area contributed by atoms with E-state index in [0.717, 1.165) is 25.9 Å². The summed E-state index contributed by atoms with van der Waals surface area (Å²) < 4.78 is 27.8. The normalized spacial score (nSPS) is 17.4. The highest BCUT2D eigenvalue weighted by Gasteiger charge is 2.26. The van der Waals surface area contributed by atoms with Gasteiger partial charge >= 0.3 is 0 Å². The van der Waals surface area contributed by atoms with Crippen LogP contribution in [-0.4, -0.2) is 57.3 Å². The minimum atomic E-state index is -3.28. The molecule has 0 amide bonds. The Balaban J connectivity index is 2.33. The van der Waals surface area contributed by atoms with E-state index in [2.05, 4.69) is 12.2 Å². The second kappa shape index (κ2) is 8.97. The van der Waals surface area contributed by atoms with Crippen molar-refractivity contribution in [2.24, 2.45) is 5.92 Å². The van der Waals surface area contributed by atoms with Gasteiger partial charge in [0.1, 0.15) is 0 Å². The highest BCUT2D eigenvalue weighted by Crippen LogP contribution is 2.26. The third kappa shape index (κ3) is 5.68. The lowest BCUT2D eigenvalue weighted by atomic mass is 10.1. The quantitative estimate of drug-likeness (QED) is 0.625. The summed E-state index contributed by atoms with van der Waals surface area (Å²) in [6.07, 6.45) is 6.80. The van der Waals surface area contributed by atoms with E-state index in [1.807, 2.05) is 0 Å². The van der Waals surface area contributed by atoms with Crippen molar-refractivity contribution in [3.8, 4) is 0 Å². The van der Waals surface area contributed by atoms with Crippen molar-refractivity contribution < 1.29 is 8.42 Å². The fraction of sp³-hybridized carbons (Fsp3) is 1.00. The molecule has 0 aromatic rings. The zero-order valence-electron chi connectivity index (χ0n) is 13.3. The first kappa shape index (κ1) is 17.9. The van der Waals surface area contributed by atoms with Gasteiger partial charge in [-0.15, -0.1) is 0 Å². The average Bonchev–Trinajstić information content (AvgIpc) is 2.91. The second-order valence-electron chi connectivity index (χ2n) is 5.86. The number of hydrogen-bond acceptors (Lipinski definition) is 3. The molecule has 1 fully saturated rings. The Morgan fingerprint density at radius 2 is 1.75 bits per heavy atom. The van der Waals surface area contributed by atoms with Gasteiger partial charge in [0.05, 0.1) is 0 Å². The number of nitrogens with one attached hydrogen (secondary N) is 1. The molecular weight excluding hydrogens is 274 g/mol. The van der Waals surface area contributed by atoms with E-state index in [4.69, 9.17) is 0 Å². The molecule has 0 saturated heterocycles. The SMILES string of the molecule is CCCNCCCN(C)S(=O)(=O)N(C)CC1CCCC1. The smallest absolute Gasteiger partial charge is 0.281 e. The number of rotatable bonds is 10. The molecule has 5 nitrogen and oxygen atoms in total. The van der Waals surface area contributed by atoms with Crippen LogP contribution in [0.5, 0.6) is 0 Å². The Kier molecular flexibility index (Phi) is 8.02. The Labute approximate surface area is 124 Å². The molecule has 1 N–H and O–H groups in total. The zero-order valence-corrected chi connectivity index (χ0v) is 14.1. The maximum Gasteiger partial charge on any atom is 0.281 e. The van der Waals surface area contributed by atoms with Gasteiger partial charge < -0.3 is 5.32 Å². The van der Waals surface area contributed by atoms with Crippen LogP contribution in [0.15, 0.2) is 0 Å². The Bertz CT molecular complexity index is 353. The molecule has 1 rings (SSSR count). The molecule has 0 aromatic carbocycles. The zero-order chi connectivity index (χ0) is 15.0.